The van der Waals surface area contributed by atoms with Gasteiger partial charge in [0, 0.05) is 33.3 Å². The van der Waals surface area contributed by atoms with E-state index in [2.05, 4.69) is 15.0 Å². The number of aliphatic imine (C=N–C) groups is 1. The van der Waals surface area contributed by atoms with Gasteiger partial charge in [0.15, 0.2) is 5.96 Å². The molecule has 0 aliphatic carbocycles. The molecule has 1 aliphatic rings. The molecule has 1 rings (SSSR count). The van der Waals surface area contributed by atoms with Crippen LogP contribution >= 0.6 is 0 Å². The molecule has 0 radical (unpaired) electrons. The van der Waals surface area contributed by atoms with Crippen molar-refractivity contribution in [1.82, 2.24) is 10.2 Å². The van der Waals surface area contributed by atoms with Crippen LogP contribution in [0.25, 0.3) is 0 Å². The van der Waals surface area contributed by atoms with Crippen LogP contribution in [0.4, 0.5) is 13.2 Å². The number of likely N-dealkylation sites (tertiary alicyclic amines) is 1. The molecule has 1 saturated heterocycles. The van der Waals surface area contributed by atoms with Gasteiger partial charge < -0.3 is 19.7 Å². The molecule has 1 unspecified atom stereocenters. The second-order valence-corrected chi connectivity index (χ2v) is 5.53. The number of carbonyl (C=O) groups is 1. The molecule has 0 spiro atoms. The van der Waals surface area contributed by atoms with Crippen LogP contribution in [0, 0.1) is 5.92 Å². The quantitative estimate of drug-likeness (QED) is 0.327. The van der Waals surface area contributed by atoms with Gasteiger partial charge in [0.2, 0.25) is 0 Å². The molecular formula is C15H26F3N3O3. The van der Waals surface area contributed by atoms with E-state index in [0.717, 1.165) is 19.4 Å². The Morgan fingerprint density at radius 1 is 1.42 bits per heavy atom. The monoisotopic (exact) mass is 353 g/mol. The summed E-state index contributed by atoms with van der Waals surface area (Å²) in [4.78, 5) is 18.0. The predicted molar refractivity (Wildman–Crippen MR) is 83.8 cm³/mol. The Labute approximate surface area is 140 Å². The fourth-order valence-electron chi connectivity index (χ4n) is 2.52. The first-order valence-corrected chi connectivity index (χ1v) is 8.14. The molecule has 0 aromatic rings. The summed E-state index contributed by atoms with van der Waals surface area (Å²) in [5, 5.41) is 3.09. The molecule has 1 heterocycles. The molecule has 0 aromatic heterocycles. The van der Waals surface area contributed by atoms with Gasteiger partial charge in [-0.2, -0.15) is 13.2 Å². The Balaban J connectivity index is 2.31. The topological polar surface area (TPSA) is 63.2 Å². The Morgan fingerprint density at radius 2 is 2.17 bits per heavy atom. The highest BCUT2D eigenvalue weighted by molar-refractivity contribution is 5.81. The fraction of sp³-hybridized carbons (Fsp3) is 0.867. The van der Waals surface area contributed by atoms with Crippen molar-refractivity contribution >= 4 is 11.9 Å². The van der Waals surface area contributed by atoms with Crippen LogP contribution in [-0.2, 0) is 14.3 Å². The molecule has 9 heteroatoms. The van der Waals surface area contributed by atoms with Crippen molar-refractivity contribution in [3.63, 3.8) is 0 Å². The molecule has 0 aromatic carbocycles. The summed E-state index contributed by atoms with van der Waals surface area (Å²) in [5.41, 5.74) is 0. The third-order valence-corrected chi connectivity index (χ3v) is 3.57. The maximum Gasteiger partial charge on any atom is 0.411 e. The molecule has 1 fully saturated rings. The first kappa shape index (κ1) is 20.5. The predicted octanol–water partition coefficient (Wildman–Crippen LogP) is 1.81. The number of ether oxygens (including phenoxy) is 2. The third kappa shape index (κ3) is 7.85. The lowest BCUT2D eigenvalue weighted by Gasteiger charge is -2.33. The number of piperidine rings is 1. The first-order chi connectivity index (χ1) is 11.4. The normalized spacial score (nSPS) is 19.3. The van der Waals surface area contributed by atoms with Crippen molar-refractivity contribution in [2.75, 3.05) is 46.5 Å². The number of guanidine groups is 1. The molecule has 1 N–H and O–H groups in total. The first-order valence-electron chi connectivity index (χ1n) is 8.14. The van der Waals surface area contributed by atoms with E-state index in [-0.39, 0.29) is 18.5 Å². The van der Waals surface area contributed by atoms with Crippen LogP contribution in [-0.4, -0.2) is 69.5 Å². The van der Waals surface area contributed by atoms with E-state index in [9.17, 15) is 18.0 Å². The lowest BCUT2D eigenvalue weighted by molar-refractivity contribution is -0.173. The summed E-state index contributed by atoms with van der Waals surface area (Å²) in [6.45, 7) is 2.69. The lowest BCUT2D eigenvalue weighted by Crippen LogP contribution is -2.48. The number of alkyl halides is 3. The molecule has 6 nitrogen and oxygen atoms in total. The smallest absolute Gasteiger partial charge is 0.411 e. The molecule has 0 bridgehead atoms. The Hall–Kier alpha value is -1.51. The largest absolute Gasteiger partial charge is 0.466 e. The van der Waals surface area contributed by atoms with E-state index in [4.69, 9.17) is 4.74 Å². The van der Waals surface area contributed by atoms with Gasteiger partial charge in [-0.3, -0.25) is 9.79 Å². The minimum atomic E-state index is -4.29. The number of hydrogen-bond acceptors (Lipinski definition) is 4. The van der Waals surface area contributed by atoms with Gasteiger partial charge >= 0.3 is 12.1 Å². The summed E-state index contributed by atoms with van der Waals surface area (Å²) in [7, 11) is 1.64. The zero-order valence-corrected chi connectivity index (χ0v) is 14.2. The van der Waals surface area contributed by atoms with E-state index in [0.29, 0.717) is 32.1 Å². The maximum atomic E-state index is 11.9. The van der Waals surface area contributed by atoms with Crippen LogP contribution < -0.4 is 5.32 Å². The van der Waals surface area contributed by atoms with Crippen LogP contribution in [0.2, 0.25) is 0 Å². The van der Waals surface area contributed by atoms with Crippen molar-refractivity contribution < 1.29 is 27.4 Å². The second kappa shape index (κ2) is 10.4. The molecule has 0 saturated carbocycles. The lowest BCUT2D eigenvalue weighted by atomic mass is 9.98. The molecule has 140 valence electrons. The summed E-state index contributed by atoms with van der Waals surface area (Å²) in [6.07, 6.45) is -2.21. The van der Waals surface area contributed by atoms with E-state index in [1.54, 1.807) is 14.0 Å². The van der Waals surface area contributed by atoms with Crippen molar-refractivity contribution in [3.8, 4) is 0 Å². The van der Waals surface area contributed by atoms with Crippen molar-refractivity contribution in [2.24, 2.45) is 10.9 Å². The van der Waals surface area contributed by atoms with Crippen molar-refractivity contribution in [2.45, 2.75) is 32.4 Å². The molecule has 0 amide bonds. The second-order valence-electron chi connectivity index (χ2n) is 5.53. The highest BCUT2D eigenvalue weighted by atomic mass is 19.4. The number of nitrogens with one attached hydrogen (secondary N) is 1. The SMILES string of the molecule is CCOC(=O)C1CCCN(C(=NC)NCCCOCC(F)(F)F)C1. The molecule has 24 heavy (non-hydrogen) atoms. The van der Waals surface area contributed by atoms with E-state index in [1.807, 2.05) is 4.90 Å². The van der Waals surface area contributed by atoms with Crippen LogP contribution in [0.1, 0.15) is 26.2 Å². The zero-order valence-electron chi connectivity index (χ0n) is 14.2. The van der Waals surface area contributed by atoms with Gasteiger partial charge in [-0.1, -0.05) is 0 Å². The van der Waals surface area contributed by atoms with Crippen LogP contribution in [0.3, 0.4) is 0 Å². The van der Waals surface area contributed by atoms with Gasteiger partial charge in [-0.25, -0.2) is 0 Å². The summed E-state index contributed by atoms with van der Waals surface area (Å²) < 4.78 is 45.4. The highest BCUT2D eigenvalue weighted by Crippen LogP contribution is 2.18. The highest BCUT2D eigenvalue weighted by Gasteiger charge is 2.28. The van der Waals surface area contributed by atoms with E-state index < -0.39 is 12.8 Å². The number of nitrogens with zero attached hydrogens (tertiary/aromatic N) is 2. The molecular weight excluding hydrogens is 327 g/mol. The van der Waals surface area contributed by atoms with Crippen molar-refractivity contribution in [1.29, 1.82) is 0 Å². The van der Waals surface area contributed by atoms with Crippen LogP contribution in [0.5, 0.6) is 0 Å². The Morgan fingerprint density at radius 3 is 2.79 bits per heavy atom. The van der Waals surface area contributed by atoms with Crippen LogP contribution in [0.15, 0.2) is 4.99 Å². The average molecular weight is 353 g/mol. The maximum absolute atomic E-state index is 11.9. The number of hydrogen-bond donors (Lipinski definition) is 1. The fourth-order valence-corrected chi connectivity index (χ4v) is 2.52. The van der Waals surface area contributed by atoms with E-state index in [1.165, 1.54) is 0 Å². The number of rotatable bonds is 7. The number of esters is 1. The summed E-state index contributed by atoms with van der Waals surface area (Å²) in [6, 6.07) is 0. The Kier molecular flexibility index (Phi) is 8.88. The average Bonchev–Trinajstić information content (AvgIpc) is 2.53. The standard InChI is InChI=1S/C15H26F3N3O3/c1-3-24-13(22)12-6-4-8-21(10-12)14(19-2)20-7-5-9-23-11-15(16,17)18/h12H,3-11H2,1-2H3,(H,19,20). The van der Waals surface area contributed by atoms with Gasteiger partial charge in [0.25, 0.3) is 0 Å². The summed E-state index contributed by atoms with van der Waals surface area (Å²) >= 11 is 0. The Bertz CT molecular complexity index is 417. The van der Waals surface area contributed by atoms with E-state index >= 15 is 0 Å². The van der Waals surface area contributed by atoms with Crippen molar-refractivity contribution in [3.05, 3.63) is 0 Å². The van der Waals surface area contributed by atoms with Gasteiger partial charge in [-0.05, 0) is 26.2 Å². The third-order valence-electron chi connectivity index (χ3n) is 3.57. The van der Waals surface area contributed by atoms with Gasteiger partial charge in [0.05, 0.1) is 12.5 Å². The molecule has 1 atom stereocenters. The summed E-state index contributed by atoms with van der Waals surface area (Å²) in [5.74, 6) is 0.269. The molecule has 1 aliphatic heterocycles. The minimum absolute atomic E-state index is 0.0228. The number of carbonyl (C=O) groups excluding carboxylic acids is 1. The van der Waals surface area contributed by atoms with Gasteiger partial charge in [-0.15, -0.1) is 0 Å². The number of halogens is 3. The van der Waals surface area contributed by atoms with Gasteiger partial charge in [0.1, 0.15) is 6.61 Å². The minimum Gasteiger partial charge on any atom is -0.466 e. The zero-order chi connectivity index (χ0) is 18.0.